The fraction of sp³-hybridized carbons (Fsp3) is 0.467. The molecule has 0 aliphatic carbocycles. The average molecular weight is 293 g/mol. The highest BCUT2D eigenvalue weighted by atomic mass is 16.5. The third-order valence-electron chi connectivity index (χ3n) is 3.08. The predicted octanol–water partition coefficient (Wildman–Crippen LogP) is 1.12. The number of carbonyl (C=O) groups excluding carboxylic acids is 2. The Hall–Kier alpha value is -2.24. The predicted molar refractivity (Wildman–Crippen MR) is 82.2 cm³/mol. The van der Waals surface area contributed by atoms with Crippen LogP contribution in [0.4, 0.5) is 5.69 Å². The Morgan fingerprint density at radius 2 is 2.05 bits per heavy atom. The fourth-order valence-corrected chi connectivity index (χ4v) is 2.04. The minimum absolute atomic E-state index is 0.0998. The molecule has 3 N–H and O–H groups in total. The maximum Gasteiger partial charge on any atom is 0.253 e. The molecule has 0 saturated carbocycles. The largest absolute Gasteiger partial charge is 0.494 e. The summed E-state index contributed by atoms with van der Waals surface area (Å²) in [5.41, 5.74) is 6.70. The van der Waals surface area contributed by atoms with E-state index >= 15 is 0 Å². The van der Waals surface area contributed by atoms with E-state index in [0.29, 0.717) is 30.2 Å². The number of nitrogens with zero attached hydrogens (tertiary/aromatic N) is 1. The van der Waals surface area contributed by atoms with Crippen LogP contribution in [0, 0.1) is 5.92 Å². The molecule has 0 aliphatic heterocycles. The highest BCUT2D eigenvalue weighted by Crippen LogP contribution is 2.20. The van der Waals surface area contributed by atoms with Gasteiger partial charge < -0.3 is 20.7 Å². The molecule has 0 aromatic heterocycles. The third-order valence-corrected chi connectivity index (χ3v) is 3.08. The summed E-state index contributed by atoms with van der Waals surface area (Å²) in [6.45, 7) is 4.47. The lowest BCUT2D eigenvalue weighted by atomic mass is 10.1. The summed E-state index contributed by atoms with van der Waals surface area (Å²) in [5.74, 6) is -0.0128. The molecule has 1 aromatic carbocycles. The van der Waals surface area contributed by atoms with Crippen LogP contribution in [0.5, 0.6) is 5.75 Å². The number of nitrogens with two attached hydrogens (primary N) is 1. The van der Waals surface area contributed by atoms with Gasteiger partial charge in [0.25, 0.3) is 5.91 Å². The zero-order chi connectivity index (χ0) is 16.0. The van der Waals surface area contributed by atoms with Crippen LogP contribution < -0.4 is 15.8 Å². The molecule has 1 rings (SSSR count). The van der Waals surface area contributed by atoms with Crippen LogP contribution in [0.2, 0.25) is 0 Å². The second kappa shape index (κ2) is 7.52. The zero-order valence-corrected chi connectivity index (χ0v) is 13.0. The molecule has 0 aliphatic rings. The van der Waals surface area contributed by atoms with Crippen LogP contribution in [-0.2, 0) is 4.79 Å². The molecule has 21 heavy (non-hydrogen) atoms. The minimum Gasteiger partial charge on any atom is -0.494 e. The Bertz CT molecular complexity index is 517. The lowest BCUT2D eigenvalue weighted by molar-refractivity contribution is -0.124. The maximum atomic E-state index is 12.4. The van der Waals surface area contributed by atoms with Gasteiger partial charge in [0.1, 0.15) is 5.75 Å². The molecule has 6 nitrogen and oxygen atoms in total. The summed E-state index contributed by atoms with van der Waals surface area (Å²) >= 11 is 0. The lowest BCUT2D eigenvalue weighted by Crippen LogP contribution is -2.37. The number of hydrogen-bond donors (Lipinski definition) is 2. The topological polar surface area (TPSA) is 84.7 Å². The smallest absolute Gasteiger partial charge is 0.253 e. The van der Waals surface area contributed by atoms with Crippen molar-refractivity contribution in [3.63, 3.8) is 0 Å². The molecule has 2 amide bonds. The quantitative estimate of drug-likeness (QED) is 0.770. The van der Waals surface area contributed by atoms with E-state index in [4.69, 9.17) is 10.5 Å². The monoisotopic (exact) mass is 293 g/mol. The van der Waals surface area contributed by atoms with Crippen LogP contribution >= 0.6 is 0 Å². The Kier molecular flexibility index (Phi) is 6.02. The standard InChI is InChI=1S/C15H23N3O3/c1-5-21-13-7-11(6-12(16)8-13)15(20)18(4)9-10(2)14(19)17-3/h6-8,10H,5,9,16H2,1-4H3,(H,17,19). The van der Waals surface area contributed by atoms with Gasteiger partial charge in [0.2, 0.25) is 5.91 Å². The number of nitrogens with one attached hydrogen (secondary N) is 1. The molecule has 0 bridgehead atoms. The summed E-state index contributed by atoms with van der Waals surface area (Å²) in [4.78, 5) is 25.4. The average Bonchev–Trinajstić information content (AvgIpc) is 2.45. The van der Waals surface area contributed by atoms with Crippen molar-refractivity contribution in [3.8, 4) is 5.75 Å². The molecule has 0 heterocycles. The normalized spacial score (nSPS) is 11.6. The number of hydrogen-bond acceptors (Lipinski definition) is 4. The number of benzene rings is 1. The van der Waals surface area contributed by atoms with E-state index in [1.54, 1.807) is 39.2 Å². The first-order valence-electron chi connectivity index (χ1n) is 6.89. The van der Waals surface area contributed by atoms with Crippen molar-refractivity contribution < 1.29 is 14.3 Å². The van der Waals surface area contributed by atoms with Crippen molar-refractivity contribution in [3.05, 3.63) is 23.8 Å². The molecule has 6 heteroatoms. The Balaban J connectivity index is 2.84. The lowest BCUT2D eigenvalue weighted by Gasteiger charge is -2.21. The van der Waals surface area contributed by atoms with Gasteiger partial charge >= 0.3 is 0 Å². The van der Waals surface area contributed by atoms with Crippen molar-refractivity contribution in [2.45, 2.75) is 13.8 Å². The Labute approximate surface area is 125 Å². The van der Waals surface area contributed by atoms with E-state index in [2.05, 4.69) is 5.32 Å². The molecule has 116 valence electrons. The number of anilines is 1. The molecular weight excluding hydrogens is 270 g/mol. The molecule has 1 aromatic rings. The van der Waals surface area contributed by atoms with E-state index in [1.807, 2.05) is 6.92 Å². The van der Waals surface area contributed by atoms with Crippen molar-refractivity contribution >= 4 is 17.5 Å². The van der Waals surface area contributed by atoms with Crippen molar-refractivity contribution in [2.75, 3.05) is 33.0 Å². The van der Waals surface area contributed by atoms with Gasteiger partial charge in [0.05, 0.1) is 12.5 Å². The van der Waals surface area contributed by atoms with Gasteiger partial charge in [-0.3, -0.25) is 9.59 Å². The minimum atomic E-state index is -0.281. The summed E-state index contributed by atoms with van der Waals surface area (Å²) in [7, 11) is 3.23. The van der Waals surface area contributed by atoms with Crippen molar-refractivity contribution in [1.29, 1.82) is 0 Å². The zero-order valence-electron chi connectivity index (χ0n) is 13.0. The van der Waals surface area contributed by atoms with Crippen LogP contribution in [-0.4, -0.2) is 44.0 Å². The van der Waals surface area contributed by atoms with E-state index in [1.165, 1.54) is 4.90 Å². The molecule has 0 saturated heterocycles. The second-order valence-electron chi connectivity index (χ2n) is 4.92. The summed E-state index contributed by atoms with van der Waals surface area (Å²) < 4.78 is 5.38. The molecule has 0 fully saturated rings. The molecule has 1 unspecified atom stereocenters. The Morgan fingerprint density at radius 1 is 1.38 bits per heavy atom. The number of rotatable bonds is 6. The van der Waals surface area contributed by atoms with Gasteiger partial charge in [0.15, 0.2) is 0 Å². The first-order chi connectivity index (χ1) is 9.88. The molecule has 0 spiro atoms. The SMILES string of the molecule is CCOc1cc(N)cc(C(=O)N(C)CC(C)C(=O)NC)c1. The first-order valence-corrected chi connectivity index (χ1v) is 6.89. The van der Waals surface area contributed by atoms with E-state index < -0.39 is 0 Å². The molecule has 0 radical (unpaired) electrons. The van der Waals surface area contributed by atoms with Gasteiger partial charge in [0, 0.05) is 38.0 Å². The van der Waals surface area contributed by atoms with Gasteiger partial charge in [-0.1, -0.05) is 6.92 Å². The molecular formula is C15H23N3O3. The Morgan fingerprint density at radius 3 is 2.62 bits per heavy atom. The van der Waals surface area contributed by atoms with Crippen LogP contribution in [0.1, 0.15) is 24.2 Å². The number of ether oxygens (including phenoxy) is 1. The first kappa shape index (κ1) is 16.8. The van der Waals surface area contributed by atoms with E-state index in [0.717, 1.165) is 0 Å². The van der Waals surface area contributed by atoms with Crippen LogP contribution in [0.15, 0.2) is 18.2 Å². The van der Waals surface area contributed by atoms with E-state index in [9.17, 15) is 9.59 Å². The van der Waals surface area contributed by atoms with E-state index in [-0.39, 0.29) is 17.7 Å². The number of nitrogen functional groups attached to an aromatic ring is 1. The highest BCUT2D eigenvalue weighted by Gasteiger charge is 2.19. The third kappa shape index (κ3) is 4.66. The van der Waals surface area contributed by atoms with Crippen LogP contribution in [0.3, 0.4) is 0 Å². The second-order valence-corrected chi connectivity index (χ2v) is 4.92. The van der Waals surface area contributed by atoms with Gasteiger partial charge in [-0.05, 0) is 19.1 Å². The summed E-state index contributed by atoms with van der Waals surface area (Å²) in [5, 5.41) is 2.57. The highest BCUT2D eigenvalue weighted by molar-refractivity contribution is 5.95. The van der Waals surface area contributed by atoms with Gasteiger partial charge in [-0.15, -0.1) is 0 Å². The number of amides is 2. The van der Waals surface area contributed by atoms with Crippen molar-refractivity contribution in [2.24, 2.45) is 5.92 Å². The van der Waals surface area contributed by atoms with Crippen LogP contribution in [0.25, 0.3) is 0 Å². The van der Waals surface area contributed by atoms with Crippen molar-refractivity contribution in [1.82, 2.24) is 10.2 Å². The fourth-order valence-electron chi connectivity index (χ4n) is 2.04. The maximum absolute atomic E-state index is 12.4. The number of carbonyl (C=O) groups is 2. The molecule has 1 atom stereocenters. The summed E-state index contributed by atoms with van der Waals surface area (Å²) in [6.07, 6.45) is 0. The van der Waals surface area contributed by atoms with Gasteiger partial charge in [-0.2, -0.15) is 0 Å². The summed E-state index contributed by atoms with van der Waals surface area (Å²) in [6, 6.07) is 4.93. The van der Waals surface area contributed by atoms with Gasteiger partial charge in [-0.25, -0.2) is 0 Å².